The normalized spacial score (nSPS) is 14.2. The number of carbonyl (C=O) groups is 2. The summed E-state index contributed by atoms with van der Waals surface area (Å²) in [6.45, 7) is 5.28. The van der Waals surface area contributed by atoms with E-state index < -0.39 is 17.7 Å². The van der Waals surface area contributed by atoms with Crippen molar-refractivity contribution in [3.63, 3.8) is 0 Å². The topological polar surface area (TPSA) is 87.5 Å². The maximum Gasteiger partial charge on any atom is 0.405 e. The van der Waals surface area contributed by atoms with Crippen LogP contribution in [-0.2, 0) is 16.8 Å². The molecule has 2 heterocycles. The molecule has 3 aromatic carbocycles. The predicted molar refractivity (Wildman–Crippen MR) is 164 cm³/mol. The Kier molecular flexibility index (Phi) is 8.86. The molecule has 0 aliphatic carbocycles. The second-order valence-electron chi connectivity index (χ2n) is 10.9. The summed E-state index contributed by atoms with van der Waals surface area (Å²) >= 11 is 0. The molecule has 0 spiro atoms. The minimum Gasteiger partial charge on any atom is -0.465 e. The second-order valence-corrected chi connectivity index (χ2v) is 10.9. The molecule has 4 aromatic rings. The van der Waals surface area contributed by atoms with Crippen molar-refractivity contribution in [3.8, 4) is 0 Å². The van der Waals surface area contributed by atoms with Crippen molar-refractivity contribution < 1.29 is 14.7 Å². The van der Waals surface area contributed by atoms with Crippen molar-refractivity contribution in [1.29, 1.82) is 0 Å². The molecule has 7 heteroatoms. The Balaban J connectivity index is 1.46. The van der Waals surface area contributed by atoms with E-state index >= 15 is 0 Å². The molecule has 0 fully saturated rings. The van der Waals surface area contributed by atoms with Gasteiger partial charge in [0.15, 0.2) is 0 Å². The molecular formula is C35H38N4O3. The molecule has 2 N–H and O–H groups in total. The Bertz CT molecular complexity index is 1430. The highest BCUT2D eigenvalue weighted by molar-refractivity contribution is 5.85. The van der Waals surface area contributed by atoms with Crippen LogP contribution in [0.2, 0.25) is 0 Å². The molecule has 216 valence electrons. The fourth-order valence-electron chi connectivity index (χ4n) is 6.06. The number of imidazole rings is 1. The van der Waals surface area contributed by atoms with E-state index in [0.717, 1.165) is 34.5 Å². The zero-order chi connectivity index (χ0) is 29.5. The van der Waals surface area contributed by atoms with E-state index in [-0.39, 0.29) is 5.91 Å². The lowest BCUT2D eigenvalue weighted by molar-refractivity contribution is -0.133. The number of benzene rings is 3. The smallest absolute Gasteiger partial charge is 0.405 e. The van der Waals surface area contributed by atoms with Gasteiger partial charge in [-0.05, 0) is 56.2 Å². The Labute approximate surface area is 247 Å². The highest BCUT2D eigenvalue weighted by Crippen LogP contribution is 2.42. The number of carboxylic acid groups (broad SMARTS) is 1. The lowest BCUT2D eigenvalue weighted by Crippen LogP contribution is -2.49. The fourth-order valence-corrected chi connectivity index (χ4v) is 6.06. The van der Waals surface area contributed by atoms with E-state index in [1.807, 2.05) is 30.6 Å². The molecule has 5 rings (SSSR count). The third kappa shape index (κ3) is 5.86. The van der Waals surface area contributed by atoms with Crippen LogP contribution in [-0.4, -0.2) is 50.7 Å². The van der Waals surface area contributed by atoms with Gasteiger partial charge in [0.2, 0.25) is 5.91 Å². The summed E-state index contributed by atoms with van der Waals surface area (Å²) in [5.74, 6) is -0.167. The maximum atomic E-state index is 13.2. The van der Waals surface area contributed by atoms with Crippen LogP contribution < -0.4 is 5.32 Å². The SMILES string of the molecule is CC1=CCN(C(=O)[C@H](CCCc2ncn(C(c3ccccc3)(c3ccccc3)c3ccccc3)c2C)NC(=O)O)CC1. The van der Waals surface area contributed by atoms with Crippen LogP contribution in [0, 0.1) is 6.92 Å². The van der Waals surface area contributed by atoms with E-state index in [4.69, 9.17) is 4.98 Å². The average molecular weight is 563 g/mol. The minimum absolute atomic E-state index is 0.167. The summed E-state index contributed by atoms with van der Waals surface area (Å²) in [7, 11) is 0. The van der Waals surface area contributed by atoms with Crippen LogP contribution in [0.1, 0.15) is 54.3 Å². The van der Waals surface area contributed by atoms with E-state index in [9.17, 15) is 14.7 Å². The quantitative estimate of drug-likeness (QED) is 0.179. The van der Waals surface area contributed by atoms with Crippen LogP contribution in [0.15, 0.2) is 109 Å². The first kappa shape index (κ1) is 28.9. The van der Waals surface area contributed by atoms with Crippen molar-refractivity contribution in [2.75, 3.05) is 13.1 Å². The van der Waals surface area contributed by atoms with Crippen LogP contribution >= 0.6 is 0 Å². The summed E-state index contributed by atoms with van der Waals surface area (Å²) in [4.78, 5) is 31.4. The van der Waals surface area contributed by atoms with Crippen LogP contribution in [0.4, 0.5) is 4.79 Å². The molecule has 0 bridgehead atoms. The van der Waals surface area contributed by atoms with Gasteiger partial charge < -0.3 is 19.9 Å². The van der Waals surface area contributed by atoms with Gasteiger partial charge in [0, 0.05) is 18.8 Å². The highest BCUT2D eigenvalue weighted by atomic mass is 16.4. The molecule has 1 aromatic heterocycles. The average Bonchev–Trinajstić information content (AvgIpc) is 3.38. The molecular weight excluding hydrogens is 524 g/mol. The molecule has 42 heavy (non-hydrogen) atoms. The van der Waals surface area contributed by atoms with Gasteiger partial charge in [-0.25, -0.2) is 9.78 Å². The highest BCUT2D eigenvalue weighted by Gasteiger charge is 2.39. The van der Waals surface area contributed by atoms with Gasteiger partial charge in [-0.15, -0.1) is 0 Å². The number of hydrogen-bond acceptors (Lipinski definition) is 3. The van der Waals surface area contributed by atoms with Crippen molar-refractivity contribution >= 4 is 12.0 Å². The lowest BCUT2D eigenvalue weighted by atomic mass is 9.76. The number of aromatic nitrogens is 2. The molecule has 0 unspecified atom stereocenters. The number of amides is 2. The Hall–Kier alpha value is -4.65. The largest absolute Gasteiger partial charge is 0.465 e. The summed E-state index contributed by atoms with van der Waals surface area (Å²) in [6.07, 6.45) is 5.22. The van der Waals surface area contributed by atoms with Gasteiger partial charge >= 0.3 is 6.09 Å². The zero-order valence-corrected chi connectivity index (χ0v) is 24.2. The van der Waals surface area contributed by atoms with Gasteiger partial charge in [0.1, 0.15) is 11.6 Å². The van der Waals surface area contributed by atoms with E-state index in [0.29, 0.717) is 32.4 Å². The van der Waals surface area contributed by atoms with E-state index in [2.05, 4.69) is 96.5 Å². The van der Waals surface area contributed by atoms with Crippen LogP contribution in [0.3, 0.4) is 0 Å². The first-order valence-electron chi connectivity index (χ1n) is 14.5. The number of nitrogens with zero attached hydrogens (tertiary/aromatic N) is 3. The molecule has 0 radical (unpaired) electrons. The number of carbonyl (C=O) groups excluding carboxylic acids is 1. The van der Waals surface area contributed by atoms with Gasteiger partial charge in [-0.2, -0.15) is 0 Å². The maximum absolute atomic E-state index is 13.2. The second kappa shape index (κ2) is 12.9. The fraction of sp³-hybridized carbons (Fsp3) is 0.286. The summed E-state index contributed by atoms with van der Waals surface area (Å²) in [5.41, 5.74) is 5.93. The van der Waals surface area contributed by atoms with E-state index in [1.54, 1.807) is 4.90 Å². The van der Waals surface area contributed by atoms with Crippen molar-refractivity contribution in [2.45, 2.75) is 51.1 Å². The standard InChI is InChI=1S/C35H38N4O3/c1-26-21-23-38(24-22-26)33(40)32(37-34(41)42)20-12-19-31-27(2)39(25-36-31)35(28-13-6-3-7-14-28,29-15-8-4-9-16-29)30-17-10-5-11-18-30/h3-11,13-18,21,25,32,37H,12,19-20,22-24H2,1-2H3,(H,41,42)/t32-/m0/s1. The van der Waals surface area contributed by atoms with E-state index in [1.165, 1.54) is 5.57 Å². The molecule has 7 nitrogen and oxygen atoms in total. The van der Waals surface area contributed by atoms with Gasteiger partial charge in [0.05, 0.1) is 12.0 Å². The zero-order valence-electron chi connectivity index (χ0n) is 24.2. The summed E-state index contributed by atoms with van der Waals surface area (Å²) < 4.78 is 2.25. The predicted octanol–water partition coefficient (Wildman–Crippen LogP) is 6.17. The molecule has 1 aliphatic rings. The Morgan fingerprint density at radius 2 is 1.45 bits per heavy atom. The number of aryl methyl sites for hydroxylation is 1. The van der Waals surface area contributed by atoms with Crippen LogP contribution in [0.25, 0.3) is 0 Å². The molecule has 1 aliphatic heterocycles. The van der Waals surface area contributed by atoms with Gasteiger partial charge in [-0.1, -0.05) is 103 Å². The Morgan fingerprint density at radius 1 is 0.905 bits per heavy atom. The summed E-state index contributed by atoms with van der Waals surface area (Å²) in [5, 5.41) is 11.9. The van der Waals surface area contributed by atoms with Crippen molar-refractivity contribution in [1.82, 2.24) is 19.8 Å². The van der Waals surface area contributed by atoms with Crippen LogP contribution in [0.5, 0.6) is 0 Å². The number of nitrogens with one attached hydrogen (secondary N) is 1. The lowest BCUT2D eigenvalue weighted by Gasteiger charge is -2.38. The minimum atomic E-state index is -1.18. The molecule has 0 saturated heterocycles. The number of rotatable bonds is 10. The molecule has 1 atom stereocenters. The monoisotopic (exact) mass is 562 g/mol. The first-order chi connectivity index (χ1) is 20.4. The molecule has 0 saturated carbocycles. The van der Waals surface area contributed by atoms with Gasteiger partial charge in [0.25, 0.3) is 0 Å². The van der Waals surface area contributed by atoms with Gasteiger partial charge in [-0.3, -0.25) is 4.79 Å². The van der Waals surface area contributed by atoms with Crippen molar-refractivity contribution in [3.05, 3.63) is 137 Å². The third-order valence-electron chi connectivity index (χ3n) is 8.29. The summed E-state index contributed by atoms with van der Waals surface area (Å²) in [6, 6.07) is 30.6. The third-order valence-corrected chi connectivity index (χ3v) is 8.29. The van der Waals surface area contributed by atoms with Crippen molar-refractivity contribution in [2.24, 2.45) is 0 Å². The first-order valence-corrected chi connectivity index (χ1v) is 14.5. The number of hydrogen-bond donors (Lipinski definition) is 2. The Morgan fingerprint density at radius 3 is 1.93 bits per heavy atom. The molecule has 2 amide bonds.